The zero-order valence-electron chi connectivity index (χ0n) is 19.0. The molecule has 0 aromatic heterocycles. The molecule has 5 aliphatic rings. The lowest BCUT2D eigenvalue weighted by Gasteiger charge is -2.36. The first kappa shape index (κ1) is 22.9. The van der Waals surface area contributed by atoms with Gasteiger partial charge in [0.2, 0.25) is 17.7 Å². The van der Waals surface area contributed by atoms with Gasteiger partial charge in [-0.2, -0.15) is 0 Å². The summed E-state index contributed by atoms with van der Waals surface area (Å²) in [6, 6.07) is -0.714. The first-order chi connectivity index (χ1) is 16.0. The van der Waals surface area contributed by atoms with E-state index < -0.39 is 22.6 Å². The molecule has 10 heteroatoms. The number of fused-ring (bicyclic) bond motifs is 2. The second-order valence-corrected chi connectivity index (χ2v) is 10.9. The number of nitrogens with zero attached hydrogens (tertiary/aromatic N) is 4. The van der Waals surface area contributed by atoms with Crippen LogP contribution in [0, 0.1) is 11.8 Å². The summed E-state index contributed by atoms with van der Waals surface area (Å²) < 4.78 is 4.62. The minimum atomic E-state index is -0.801. The third-order valence-corrected chi connectivity index (χ3v) is 9.32. The summed E-state index contributed by atoms with van der Waals surface area (Å²) in [7, 11) is 1.76. The highest BCUT2D eigenvalue weighted by Crippen LogP contribution is 2.60. The monoisotopic (exact) mass is 476 g/mol. The number of aliphatic hydroxyl groups excluding tert-OH is 1. The maximum absolute atomic E-state index is 13.9. The second-order valence-electron chi connectivity index (χ2n) is 9.38. The van der Waals surface area contributed by atoms with Gasteiger partial charge in [0, 0.05) is 58.1 Å². The Kier molecular flexibility index (Phi) is 6.28. The maximum atomic E-state index is 13.9. The Labute approximate surface area is 198 Å². The van der Waals surface area contributed by atoms with Crippen molar-refractivity contribution in [3.05, 3.63) is 24.3 Å². The molecule has 0 aliphatic carbocycles. The third-order valence-electron chi connectivity index (χ3n) is 7.57. The first-order valence-electron chi connectivity index (χ1n) is 11.8. The van der Waals surface area contributed by atoms with E-state index in [1.807, 2.05) is 29.2 Å². The van der Waals surface area contributed by atoms with E-state index in [1.165, 1.54) is 4.90 Å². The molecule has 1 unspecified atom stereocenters. The third kappa shape index (κ3) is 3.71. The average Bonchev–Trinajstić information content (AvgIpc) is 3.13. The molecule has 5 heterocycles. The van der Waals surface area contributed by atoms with E-state index in [0.717, 1.165) is 19.6 Å². The fourth-order valence-corrected chi connectivity index (χ4v) is 7.95. The van der Waals surface area contributed by atoms with Crippen molar-refractivity contribution in [1.29, 1.82) is 0 Å². The Morgan fingerprint density at radius 3 is 2.61 bits per heavy atom. The van der Waals surface area contributed by atoms with E-state index >= 15 is 0 Å². The van der Waals surface area contributed by atoms with Crippen LogP contribution >= 0.6 is 11.8 Å². The van der Waals surface area contributed by atoms with Crippen molar-refractivity contribution in [3.8, 4) is 0 Å². The number of aliphatic hydroxyl groups is 1. The Morgan fingerprint density at radius 2 is 1.85 bits per heavy atom. The van der Waals surface area contributed by atoms with Crippen LogP contribution in [-0.2, 0) is 19.1 Å². The summed E-state index contributed by atoms with van der Waals surface area (Å²) in [5.74, 6) is -1.45. The normalized spacial score (nSPS) is 36.7. The maximum Gasteiger partial charge on any atom is 0.247 e. The zero-order chi connectivity index (χ0) is 23.2. The van der Waals surface area contributed by atoms with Crippen LogP contribution in [0.4, 0.5) is 0 Å². The molecule has 5 aliphatic heterocycles. The molecule has 9 nitrogen and oxygen atoms in total. The zero-order valence-corrected chi connectivity index (χ0v) is 19.8. The van der Waals surface area contributed by atoms with Gasteiger partial charge in [0.25, 0.3) is 0 Å². The van der Waals surface area contributed by atoms with Gasteiger partial charge < -0.3 is 24.5 Å². The van der Waals surface area contributed by atoms with E-state index in [1.54, 1.807) is 23.7 Å². The molecule has 5 rings (SSSR count). The summed E-state index contributed by atoms with van der Waals surface area (Å²) in [5.41, 5.74) is 0. The second kappa shape index (κ2) is 9.05. The van der Waals surface area contributed by atoms with Gasteiger partial charge in [0.15, 0.2) is 0 Å². The van der Waals surface area contributed by atoms with E-state index in [4.69, 9.17) is 4.74 Å². The van der Waals surface area contributed by atoms with Crippen molar-refractivity contribution in [2.45, 2.75) is 16.0 Å². The van der Waals surface area contributed by atoms with E-state index in [9.17, 15) is 19.5 Å². The number of carbonyl (C=O) groups excluding carboxylic acids is 3. The lowest BCUT2D eigenvalue weighted by molar-refractivity contribution is -0.144. The van der Waals surface area contributed by atoms with Crippen molar-refractivity contribution < 1.29 is 24.2 Å². The minimum Gasteiger partial charge on any atom is -0.395 e. The van der Waals surface area contributed by atoms with Gasteiger partial charge in [-0.25, -0.2) is 0 Å². The average molecular weight is 477 g/mol. The molecule has 0 aromatic rings. The molecule has 1 spiro atoms. The predicted octanol–water partition coefficient (Wildman–Crippen LogP) is -0.965. The van der Waals surface area contributed by atoms with Gasteiger partial charge in [-0.05, 0) is 0 Å². The highest BCUT2D eigenvalue weighted by atomic mass is 32.2. The van der Waals surface area contributed by atoms with Gasteiger partial charge >= 0.3 is 0 Å². The molecule has 33 heavy (non-hydrogen) atoms. The number of amides is 3. The number of likely N-dealkylation sites (tertiary alicyclic amines) is 1. The predicted molar refractivity (Wildman–Crippen MR) is 123 cm³/mol. The molecular weight excluding hydrogens is 444 g/mol. The summed E-state index contributed by atoms with van der Waals surface area (Å²) in [4.78, 5) is 48.2. The van der Waals surface area contributed by atoms with Crippen molar-refractivity contribution >= 4 is 29.5 Å². The summed E-state index contributed by atoms with van der Waals surface area (Å²) >= 11 is 1.57. The van der Waals surface area contributed by atoms with Crippen LogP contribution in [0.15, 0.2) is 24.3 Å². The van der Waals surface area contributed by atoms with Crippen LogP contribution < -0.4 is 0 Å². The molecular formula is C23H32N4O5S. The number of morpholine rings is 1. The number of likely N-dealkylation sites (N-methyl/N-ethyl adjacent to an activating group) is 1. The van der Waals surface area contributed by atoms with Crippen molar-refractivity contribution in [2.75, 3.05) is 72.7 Å². The molecule has 0 aromatic carbocycles. The van der Waals surface area contributed by atoms with E-state index in [2.05, 4.69) is 4.90 Å². The minimum absolute atomic E-state index is 0.0495. The SMILES string of the molecule is CN1CC=C[C@@H]2S[C@]34C=CCN(CCN5CCOCC5)C(=O)C3N(CCO)C(=O)[C@@H]4[C@@H]2C1=O. The van der Waals surface area contributed by atoms with E-state index in [0.29, 0.717) is 32.8 Å². The Morgan fingerprint density at radius 1 is 1.06 bits per heavy atom. The fraction of sp³-hybridized carbons (Fsp3) is 0.696. The van der Waals surface area contributed by atoms with Crippen LogP contribution in [0.5, 0.6) is 0 Å². The van der Waals surface area contributed by atoms with Gasteiger partial charge in [0.05, 0.1) is 36.4 Å². The largest absolute Gasteiger partial charge is 0.395 e. The molecule has 3 fully saturated rings. The van der Waals surface area contributed by atoms with Gasteiger partial charge in [0.1, 0.15) is 6.04 Å². The molecule has 0 bridgehead atoms. The number of β-amino-alcohol motifs (C(OH)–C–C–N with tert-alkyl or cyclic N) is 1. The molecule has 0 radical (unpaired) electrons. The number of carbonyl (C=O) groups is 3. The fourth-order valence-electron chi connectivity index (χ4n) is 5.95. The van der Waals surface area contributed by atoms with Crippen LogP contribution in [0.1, 0.15) is 0 Å². The summed E-state index contributed by atoms with van der Waals surface area (Å²) in [6.45, 7) is 5.31. The number of thioether (sulfide) groups is 1. The van der Waals surface area contributed by atoms with Crippen LogP contribution in [-0.4, -0.2) is 131 Å². The molecule has 1 N–H and O–H groups in total. The Hall–Kier alpha value is -1.88. The molecule has 3 amide bonds. The lowest BCUT2D eigenvalue weighted by Crippen LogP contribution is -2.54. The van der Waals surface area contributed by atoms with Crippen molar-refractivity contribution in [2.24, 2.45) is 11.8 Å². The van der Waals surface area contributed by atoms with Crippen LogP contribution in [0.3, 0.4) is 0 Å². The van der Waals surface area contributed by atoms with E-state index in [-0.39, 0.29) is 36.1 Å². The standard InChI is InChI=1S/C23H32N4O5S/c1-24-6-2-4-16-17(20(24)29)18-21(30)27(10-13-28)19-22(31)26(7-3-5-23(18,19)33-16)9-8-25-11-14-32-15-12-25/h2-5,16-19,28H,6-15H2,1H3/t16-,17+,18-,19?,23-/m0/s1. The topological polar surface area (TPSA) is 93.6 Å². The molecule has 0 saturated carbocycles. The molecule has 5 atom stereocenters. The number of hydrogen-bond donors (Lipinski definition) is 1. The van der Waals surface area contributed by atoms with Gasteiger partial charge in [-0.1, -0.05) is 24.3 Å². The number of rotatable bonds is 5. The quantitative estimate of drug-likeness (QED) is 0.511. The number of hydrogen-bond acceptors (Lipinski definition) is 7. The number of ether oxygens (including phenoxy) is 1. The van der Waals surface area contributed by atoms with Crippen molar-refractivity contribution in [3.63, 3.8) is 0 Å². The van der Waals surface area contributed by atoms with Crippen LogP contribution in [0.25, 0.3) is 0 Å². The highest BCUT2D eigenvalue weighted by Gasteiger charge is 2.70. The lowest BCUT2D eigenvalue weighted by atomic mass is 9.78. The molecule has 180 valence electrons. The smallest absolute Gasteiger partial charge is 0.247 e. The van der Waals surface area contributed by atoms with Gasteiger partial charge in [-0.15, -0.1) is 11.8 Å². The van der Waals surface area contributed by atoms with Gasteiger partial charge in [-0.3, -0.25) is 19.3 Å². The Bertz CT molecular complexity index is 875. The first-order valence-corrected chi connectivity index (χ1v) is 12.6. The Balaban J connectivity index is 1.46. The summed E-state index contributed by atoms with van der Waals surface area (Å²) in [6.07, 6.45) is 8.03. The van der Waals surface area contributed by atoms with Crippen LogP contribution in [0.2, 0.25) is 0 Å². The van der Waals surface area contributed by atoms with Crippen molar-refractivity contribution in [1.82, 2.24) is 19.6 Å². The summed E-state index contributed by atoms with van der Waals surface area (Å²) in [5, 5.41) is 9.57. The highest BCUT2D eigenvalue weighted by molar-refractivity contribution is 8.02. The molecule has 3 saturated heterocycles.